The average Bonchev–Trinajstić information content (AvgIpc) is 4.11. The van der Waals surface area contributed by atoms with Crippen LogP contribution in [0.15, 0.2) is 83.9 Å². The van der Waals surface area contributed by atoms with E-state index in [2.05, 4.69) is 56.0 Å². The Bertz CT molecular complexity index is 2780. The number of nitro benzene ring substituents is 1. The first kappa shape index (κ1) is 42.8. The zero-order valence-corrected chi connectivity index (χ0v) is 37.6. The van der Waals surface area contributed by atoms with E-state index < -0.39 is 37.5 Å². The van der Waals surface area contributed by atoms with Crippen LogP contribution in [0.4, 0.5) is 28.4 Å². The summed E-state index contributed by atoms with van der Waals surface area (Å²) in [6, 6.07) is 22.4. The van der Waals surface area contributed by atoms with Gasteiger partial charge >= 0.3 is 0 Å². The van der Waals surface area contributed by atoms with Gasteiger partial charge in [0.25, 0.3) is 21.6 Å². The van der Waals surface area contributed by atoms with E-state index in [0.29, 0.717) is 73.4 Å². The van der Waals surface area contributed by atoms with Crippen LogP contribution >= 0.6 is 0 Å². The molecule has 5 aromatic rings. The molecular weight excluding hydrogens is 865 g/mol. The lowest BCUT2D eigenvalue weighted by molar-refractivity contribution is -0.384. The summed E-state index contributed by atoms with van der Waals surface area (Å²) in [5.41, 5.74) is 5.53. The Kier molecular flexibility index (Phi) is 11.1. The van der Waals surface area contributed by atoms with Crippen LogP contribution in [0.1, 0.15) is 66.1 Å². The Balaban J connectivity index is 0.871. The predicted octanol–water partition coefficient (Wildman–Crippen LogP) is 6.61. The standard InChI is InChI=1S/C48H54N8O9S/c1-30-5-2-3-6-36(30)39-7-4-16-54(39)33-24-48(25-33)13-17-53(18-14-48)32-8-10-37(40(22-32)55-42-21-31-12-15-49-45(31)51-47(42)65-44-29-63-28-43(44)55)46(57)52-66(60,61)35-9-11-38(41(23-35)56(58)59)50-26-34-27-62-19-20-64-34/h2-3,5-6,8-12,15,21-23,33-34,39,43-44,50H,4,7,13-14,16-20,24-29H2,1H3,(H,49,51)(H,52,57)/t34-,39-,43+,44+/m0/s1. The molecule has 0 radical (unpaired) electrons. The first-order valence-electron chi connectivity index (χ1n) is 23.0. The lowest BCUT2D eigenvalue weighted by atomic mass is 9.59. The van der Waals surface area contributed by atoms with Crippen molar-refractivity contribution in [1.82, 2.24) is 19.6 Å². The highest BCUT2D eigenvalue weighted by Gasteiger charge is 2.50. The first-order chi connectivity index (χ1) is 32.0. The van der Waals surface area contributed by atoms with E-state index in [9.17, 15) is 23.3 Å². The van der Waals surface area contributed by atoms with Crippen molar-refractivity contribution in [2.75, 3.05) is 74.3 Å². The highest BCUT2D eigenvalue weighted by atomic mass is 32.2. The fourth-order valence-corrected chi connectivity index (χ4v) is 12.3. The summed E-state index contributed by atoms with van der Waals surface area (Å²) in [6.45, 7) is 7.11. The number of nitrogens with one attached hydrogen (secondary N) is 3. The van der Waals surface area contributed by atoms with Crippen LogP contribution in [0.5, 0.6) is 5.88 Å². The molecule has 3 N–H and O–H groups in total. The number of aromatic nitrogens is 2. The number of nitrogens with zero attached hydrogens (tertiary/aromatic N) is 5. The third-order valence-corrected chi connectivity index (χ3v) is 16.1. The van der Waals surface area contributed by atoms with Crippen molar-refractivity contribution in [2.24, 2.45) is 5.41 Å². The van der Waals surface area contributed by atoms with Crippen molar-refractivity contribution in [3.8, 4) is 5.88 Å². The van der Waals surface area contributed by atoms with Crippen LogP contribution in [-0.2, 0) is 24.2 Å². The summed E-state index contributed by atoms with van der Waals surface area (Å²) in [5, 5.41) is 16.0. The molecule has 2 aromatic heterocycles. The number of benzene rings is 3. The van der Waals surface area contributed by atoms with Gasteiger partial charge in [-0.1, -0.05) is 24.3 Å². The van der Waals surface area contributed by atoms with Gasteiger partial charge in [0.05, 0.1) is 66.2 Å². The summed E-state index contributed by atoms with van der Waals surface area (Å²) in [4.78, 5) is 40.8. The molecule has 11 rings (SSSR count). The maximum atomic E-state index is 14.5. The van der Waals surface area contributed by atoms with Gasteiger partial charge in [0.2, 0.25) is 5.88 Å². The normalized spacial score (nSPS) is 24.1. The van der Waals surface area contributed by atoms with Crippen LogP contribution in [0.25, 0.3) is 11.0 Å². The molecule has 346 valence electrons. The number of aromatic amines is 1. The fourth-order valence-electron chi connectivity index (χ4n) is 11.3. The molecule has 4 atom stereocenters. The second-order valence-corrected chi connectivity index (χ2v) is 20.4. The van der Waals surface area contributed by atoms with Gasteiger partial charge in [-0.15, -0.1) is 0 Å². The van der Waals surface area contributed by atoms with Crippen molar-refractivity contribution in [1.29, 1.82) is 0 Å². The quantitative estimate of drug-likeness (QED) is 0.0947. The number of carbonyl (C=O) groups excluding carboxylic acids is 1. The first-order valence-corrected chi connectivity index (χ1v) is 24.5. The molecule has 66 heavy (non-hydrogen) atoms. The van der Waals surface area contributed by atoms with Crippen molar-refractivity contribution in [2.45, 2.75) is 80.7 Å². The molecular formula is C48H54N8O9S. The lowest BCUT2D eigenvalue weighted by Gasteiger charge is -2.56. The van der Waals surface area contributed by atoms with Gasteiger partial charge in [0.15, 0.2) is 0 Å². The second kappa shape index (κ2) is 17.1. The molecule has 3 aromatic carbocycles. The van der Waals surface area contributed by atoms with Gasteiger partial charge < -0.3 is 39.0 Å². The minimum absolute atomic E-state index is 0.0987. The molecule has 4 saturated heterocycles. The number of H-pyrrole nitrogens is 1. The number of aryl methyl sites for hydroxylation is 1. The molecule has 1 amide bonds. The van der Waals surface area contributed by atoms with E-state index in [4.69, 9.17) is 23.9 Å². The molecule has 18 heteroatoms. The maximum absolute atomic E-state index is 14.5. The smallest absolute Gasteiger partial charge is 0.293 e. The van der Waals surface area contributed by atoms with Crippen LogP contribution < -0.4 is 24.6 Å². The number of pyridine rings is 1. The van der Waals surface area contributed by atoms with Gasteiger partial charge in [0.1, 0.15) is 23.1 Å². The number of rotatable bonds is 11. The monoisotopic (exact) mass is 918 g/mol. The molecule has 5 fully saturated rings. The Hall–Kier alpha value is -5.79. The molecule has 0 unspecified atom stereocenters. The van der Waals surface area contributed by atoms with E-state index in [1.54, 1.807) is 12.3 Å². The van der Waals surface area contributed by atoms with E-state index >= 15 is 0 Å². The predicted molar refractivity (Wildman–Crippen MR) is 247 cm³/mol. The number of sulfonamides is 1. The minimum Gasteiger partial charge on any atom is -0.468 e. The van der Waals surface area contributed by atoms with Gasteiger partial charge in [0, 0.05) is 55.1 Å². The Morgan fingerprint density at radius 1 is 0.970 bits per heavy atom. The highest BCUT2D eigenvalue weighted by Crippen LogP contribution is 2.54. The Morgan fingerprint density at radius 3 is 2.62 bits per heavy atom. The summed E-state index contributed by atoms with van der Waals surface area (Å²) >= 11 is 0. The molecule has 6 aliphatic rings. The minimum atomic E-state index is -4.61. The Labute approximate surface area is 382 Å². The van der Waals surface area contributed by atoms with E-state index in [-0.39, 0.29) is 29.9 Å². The van der Waals surface area contributed by atoms with Crippen LogP contribution in [0.2, 0.25) is 0 Å². The number of anilines is 4. The zero-order chi connectivity index (χ0) is 45.2. The molecule has 17 nitrogen and oxygen atoms in total. The largest absolute Gasteiger partial charge is 0.468 e. The van der Waals surface area contributed by atoms with Crippen LogP contribution in [0, 0.1) is 22.5 Å². The number of fused-ring (bicyclic) bond motifs is 3. The number of nitro groups is 1. The van der Waals surface area contributed by atoms with Crippen molar-refractivity contribution in [3.63, 3.8) is 0 Å². The number of amides is 1. The van der Waals surface area contributed by atoms with E-state index in [0.717, 1.165) is 49.6 Å². The third-order valence-electron chi connectivity index (χ3n) is 14.8. The van der Waals surface area contributed by atoms with Gasteiger partial charge in [-0.3, -0.25) is 19.8 Å². The van der Waals surface area contributed by atoms with E-state index in [1.807, 2.05) is 29.2 Å². The zero-order valence-electron chi connectivity index (χ0n) is 36.8. The number of hydrogen-bond acceptors (Lipinski definition) is 14. The number of hydrogen-bond donors (Lipinski definition) is 3. The number of ether oxygens (including phenoxy) is 4. The number of likely N-dealkylation sites (tertiary alicyclic amines) is 1. The van der Waals surface area contributed by atoms with Gasteiger partial charge in [-0.2, -0.15) is 4.98 Å². The summed E-state index contributed by atoms with van der Waals surface area (Å²) in [7, 11) is -4.61. The average molecular weight is 919 g/mol. The van der Waals surface area contributed by atoms with Gasteiger partial charge in [-0.05, 0) is 111 Å². The van der Waals surface area contributed by atoms with Crippen LogP contribution in [0.3, 0.4) is 0 Å². The van der Waals surface area contributed by atoms with Gasteiger partial charge in [-0.25, -0.2) is 13.1 Å². The van der Waals surface area contributed by atoms with E-state index in [1.165, 1.54) is 48.9 Å². The highest BCUT2D eigenvalue weighted by molar-refractivity contribution is 7.90. The summed E-state index contributed by atoms with van der Waals surface area (Å²) < 4.78 is 53.7. The summed E-state index contributed by atoms with van der Waals surface area (Å²) in [6.07, 6.45) is 8.01. The molecule has 7 heterocycles. The van der Waals surface area contributed by atoms with Crippen molar-refractivity contribution >= 4 is 55.4 Å². The van der Waals surface area contributed by atoms with Crippen molar-refractivity contribution in [3.05, 3.63) is 106 Å². The molecule has 1 spiro atoms. The second-order valence-electron chi connectivity index (χ2n) is 18.7. The molecule has 1 aliphatic carbocycles. The summed E-state index contributed by atoms with van der Waals surface area (Å²) in [5.74, 6) is -0.522. The van der Waals surface area contributed by atoms with Crippen LogP contribution in [-0.4, -0.2) is 118 Å². The molecule has 5 aliphatic heterocycles. The molecule has 1 saturated carbocycles. The fraction of sp³-hybridized carbons (Fsp3) is 0.458. The third kappa shape index (κ3) is 7.91. The topological polar surface area (TPSA) is 194 Å². The van der Waals surface area contributed by atoms with Crippen molar-refractivity contribution < 1.29 is 37.1 Å². The number of carbonyl (C=O) groups is 1. The lowest BCUT2D eigenvalue weighted by Crippen LogP contribution is -2.55. The SMILES string of the molecule is Cc1ccccc1[C@@H]1CCCN1C1CC2(CCN(c3ccc(C(=O)NS(=O)(=O)c4ccc(NC[C@H]5COCCO5)c([N+](=O)[O-])c4)c(N4c5cc6cc[nH]c6nc5O[C@@H]5COC[C@H]54)c3)CC2)C1. The maximum Gasteiger partial charge on any atom is 0.293 e. The molecule has 0 bridgehead atoms. The number of piperidine rings is 1. The Morgan fingerprint density at radius 2 is 1.82 bits per heavy atom.